The quantitative estimate of drug-likeness (QED) is 0.699. The van der Waals surface area contributed by atoms with Gasteiger partial charge in [-0.15, -0.1) is 0 Å². The summed E-state index contributed by atoms with van der Waals surface area (Å²) in [7, 11) is 0. The fourth-order valence-corrected chi connectivity index (χ4v) is 2.41. The van der Waals surface area contributed by atoms with Crippen molar-refractivity contribution in [2.45, 2.75) is 13.3 Å². The molecule has 0 aliphatic heterocycles. The molecule has 3 heteroatoms. The lowest BCUT2D eigenvalue weighted by atomic mass is 10.0. The van der Waals surface area contributed by atoms with Crippen LogP contribution in [0.5, 0.6) is 0 Å². The topological polar surface area (TPSA) is 58.9 Å². The number of pyridine rings is 1. The van der Waals surface area contributed by atoms with E-state index in [1.165, 1.54) is 11.1 Å². The number of hydrogen-bond donors (Lipinski definition) is 2. The van der Waals surface area contributed by atoms with E-state index >= 15 is 0 Å². The van der Waals surface area contributed by atoms with Crippen molar-refractivity contribution in [1.29, 1.82) is 0 Å². The zero-order chi connectivity index (χ0) is 14.1. The number of aryl methyl sites for hydroxylation is 1. The van der Waals surface area contributed by atoms with Crippen molar-refractivity contribution in [3.05, 3.63) is 75.6 Å². The zero-order valence-electron chi connectivity index (χ0n) is 11.3. The van der Waals surface area contributed by atoms with Crippen molar-refractivity contribution in [3.8, 4) is 0 Å². The number of nitrogens with two attached hydrogens (primary N) is 1. The van der Waals surface area contributed by atoms with Crippen molar-refractivity contribution >= 4 is 16.6 Å². The molecule has 2 aromatic carbocycles. The van der Waals surface area contributed by atoms with E-state index in [2.05, 4.69) is 17.1 Å². The van der Waals surface area contributed by atoms with E-state index in [0.29, 0.717) is 0 Å². The Labute approximate surface area is 117 Å². The summed E-state index contributed by atoms with van der Waals surface area (Å²) < 4.78 is 0. The van der Waals surface area contributed by atoms with Crippen LogP contribution in [0, 0.1) is 6.92 Å². The van der Waals surface area contributed by atoms with Gasteiger partial charge in [0.1, 0.15) is 0 Å². The zero-order valence-corrected chi connectivity index (χ0v) is 11.3. The van der Waals surface area contributed by atoms with Gasteiger partial charge in [0.15, 0.2) is 0 Å². The normalized spacial score (nSPS) is 10.8. The van der Waals surface area contributed by atoms with Gasteiger partial charge in [-0.25, -0.2) is 0 Å². The Morgan fingerprint density at radius 1 is 1.05 bits per heavy atom. The van der Waals surface area contributed by atoms with E-state index in [-0.39, 0.29) is 5.56 Å². The van der Waals surface area contributed by atoms with Gasteiger partial charge in [0.2, 0.25) is 0 Å². The first kappa shape index (κ1) is 12.5. The predicted octanol–water partition coefficient (Wildman–Crippen LogP) is 3.01. The summed E-state index contributed by atoms with van der Waals surface area (Å²) in [6.45, 7) is 1.82. The number of anilines is 1. The SMILES string of the molecule is Cc1cc2cc(Cc3cccc(N)c3)ccc2[nH]c1=O. The summed E-state index contributed by atoms with van der Waals surface area (Å²) in [5.41, 5.74) is 10.5. The highest BCUT2D eigenvalue weighted by molar-refractivity contribution is 5.79. The molecule has 3 N–H and O–H groups in total. The molecule has 0 spiro atoms. The second-order valence-electron chi connectivity index (χ2n) is 5.12. The van der Waals surface area contributed by atoms with Crippen LogP contribution in [0.25, 0.3) is 10.9 Å². The molecule has 3 nitrogen and oxygen atoms in total. The van der Waals surface area contributed by atoms with Gasteiger partial charge in [-0.3, -0.25) is 4.79 Å². The van der Waals surface area contributed by atoms with Crippen molar-refractivity contribution in [2.75, 3.05) is 5.73 Å². The van der Waals surface area contributed by atoms with E-state index in [0.717, 1.165) is 28.6 Å². The molecule has 0 aliphatic carbocycles. The summed E-state index contributed by atoms with van der Waals surface area (Å²) in [6, 6.07) is 15.9. The number of nitrogens with one attached hydrogen (secondary N) is 1. The molecular formula is C17H16N2O. The standard InChI is InChI=1S/C17H16N2O/c1-11-7-14-9-13(5-6-16(14)19-17(11)20)8-12-3-2-4-15(18)10-12/h2-7,9-10H,8,18H2,1H3,(H,19,20). The van der Waals surface area contributed by atoms with Gasteiger partial charge in [0.25, 0.3) is 5.56 Å². The smallest absolute Gasteiger partial charge is 0.251 e. The van der Waals surface area contributed by atoms with E-state index < -0.39 is 0 Å². The average Bonchev–Trinajstić information content (AvgIpc) is 2.40. The Bertz CT molecular complexity index is 834. The molecule has 0 aliphatic rings. The number of rotatable bonds is 2. The van der Waals surface area contributed by atoms with Crippen LogP contribution in [0.2, 0.25) is 0 Å². The molecule has 0 fully saturated rings. The lowest BCUT2D eigenvalue weighted by Gasteiger charge is -2.06. The van der Waals surface area contributed by atoms with Crippen molar-refractivity contribution in [2.24, 2.45) is 0 Å². The monoisotopic (exact) mass is 264 g/mol. The number of H-pyrrole nitrogens is 1. The first-order valence-electron chi connectivity index (χ1n) is 6.59. The van der Waals surface area contributed by atoms with Gasteiger partial charge in [0, 0.05) is 16.8 Å². The second kappa shape index (κ2) is 4.85. The van der Waals surface area contributed by atoms with E-state index in [1.807, 2.05) is 43.3 Å². The minimum Gasteiger partial charge on any atom is -0.399 e. The van der Waals surface area contributed by atoms with Crippen LogP contribution in [-0.2, 0) is 6.42 Å². The molecule has 3 rings (SSSR count). The first-order chi connectivity index (χ1) is 9.61. The fourth-order valence-electron chi connectivity index (χ4n) is 2.41. The van der Waals surface area contributed by atoms with Gasteiger partial charge in [-0.2, -0.15) is 0 Å². The summed E-state index contributed by atoms with van der Waals surface area (Å²) in [5, 5.41) is 1.06. The molecule has 0 amide bonds. The largest absolute Gasteiger partial charge is 0.399 e. The van der Waals surface area contributed by atoms with Gasteiger partial charge >= 0.3 is 0 Å². The molecule has 0 saturated carbocycles. The fraction of sp³-hybridized carbons (Fsp3) is 0.118. The van der Waals surface area contributed by atoms with Crippen LogP contribution in [0.3, 0.4) is 0 Å². The van der Waals surface area contributed by atoms with E-state index in [1.54, 1.807) is 0 Å². The van der Waals surface area contributed by atoms with Crippen molar-refractivity contribution < 1.29 is 0 Å². The lowest BCUT2D eigenvalue weighted by molar-refractivity contribution is 1.19. The third kappa shape index (κ3) is 2.43. The van der Waals surface area contributed by atoms with Crippen LogP contribution in [0.4, 0.5) is 5.69 Å². The molecule has 0 radical (unpaired) electrons. The van der Waals surface area contributed by atoms with Crippen molar-refractivity contribution in [3.63, 3.8) is 0 Å². The van der Waals surface area contributed by atoms with Gasteiger partial charge < -0.3 is 10.7 Å². The molecule has 1 heterocycles. The van der Waals surface area contributed by atoms with Gasteiger partial charge in [-0.05, 0) is 60.2 Å². The van der Waals surface area contributed by atoms with Crippen LogP contribution in [-0.4, -0.2) is 4.98 Å². The minimum atomic E-state index is -0.0268. The molecule has 20 heavy (non-hydrogen) atoms. The number of aromatic amines is 1. The van der Waals surface area contributed by atoms with E-state index in [4.69, 9.17) is 5.73 Å². The average molecular weight is 264 g/mol. The molecular weight excluding hydrogens is 248 g/mol. The summed E-state index contributed by atoms with van der Waals surface area (Å²) in [4.78, 5) is 14.5. The number of hydrogen-bond acceptors (Lipinski definition) is 2. The van der Waals surface area contributed by atoms with Gasteiger partial charge in [-0.1, -0.05) is 18.2 Å². The third-order valence-electron chi connectivity index (χ3n) is 3.45. The molecule has 3 aromatic rings. The summed E-state index contributed by atoms with van der Waals surface area (Å²) >= 11 is 0. The Balaban J connectivity index is 2.00. The first-order valence-corrected chi connectivity index (χ1v) is 6.59. The molecule has 0 saturated heterocycles. The van der Waals surface area contributed by atoms with Crippen LogP contribution in [0.15, 0.2) is 53.3 Å². The highest BCUT2D eigenvalue weighted by Crippen LogP contribution is 2.17. The molecule has 1 aromatic heterocycles. The molecule has 100 valence electrons. The summed E-state index contributed by atoms with van der Waals surface area (Å²) in [5.74, 6) is 0. The number of aromatic nitrogens is 1. The third-order valence-corrected chi connectivity index (χ3v) is 3.45. The highest BCUT2D eigenvalue weighted by atomic mass is 16.1. The number of fused-ring (bicyclic) bond motifs is 1. The highest BCUT2D eigenvalue weighted by Gasteiger charge is 2.02. The Morgan fingerprint density at radius 3 is 2.65 bits per heavy atom. The Morgan fingerprint density at radius 2 is 1.85 bits per heavy atom. The Hall–Kier alpha value is -2.55. The number of benzene rings is 2. The van der Waals surface area contributed by atoms with Crippen LogP contribution in [0.1, 0.15) is 16.7 Å². The molecule has 0 unspecified atom stereocenters. The van der Waals surface area contributed by atoms with E-state index in [9.17, 15) is 4.79 Å². The maximum Gasteiger partial charge on any atom is 0.251 e. The van der Waals surface area contributed by atoms with Crippen molar-refractivity contribution in [1.82, 2.24) is 4.98 Å². The Kier molecular flexibility index (Phi) is 3.03. The van der Waals surface area contributed by atoms with Gasteiger partial charge in [0.05, 0.1) is 0 Å². The second-order valence-corrected chi connectivity index (χ2v) is 5.12. The molecule has 0 bridgehead atoms. The molecule has 0 atom stereocenters. The van der Waals surface area contributed by atoms with Crippen LogP contribution < -0.4 is 11.3 Å². The maximum absolute atomic E-state index is 11.6. The number of nitrogen functional groups attached to an aromatic ring is 1. The van der Waals surface area contributed by atoms with Crippen LogP contribution >= 0.6 is 0 Å². The predicted molar refractivity (Wildman–Crippen MR) is 83.0 cm³/mol. The lowest BCUT2D eigenvalue weighted by Crippen LogP contribution is -2.08. The minimum absolute atomic E-state index is 0.0268. The summed E-state index contributed by atoms with van der Waals surface area (Å²) in [6.07, 6.45) is 0.832. The maximum atomic E-state index is 11.6.